The van der Waals surface area contributed by atoms with Crippen molar-refractivity contribution < 1.29 is 4.74 Å². The van der Waals surface area contributed by atoms with Gasteiger partial charge >= 0.3 is 0 Å². The van der Waals surface area contributed by atoms with Crippen LogP contribution in [0.5, 0.6) is 5.75 Å². The van der Waals surface area contributed by atoms with Gasteiger partial charge in [-0.05, 0) is 37.0 Å². The minimum atomic E-state index is 0.226. The molecular weight excluding hydrogens is 248 g/mol. The molecule has 0 saturated heterocycles. The van der Waals surface area contributed by atoms with Gasteiger partial charge in [-0.25, -0.2) is 0 Å². The van der Waals surface area contributed by atoms with Crippen LogP contribution in [0.15, 0.2) is 24.3 Å². The highest BCUT2D eigenvalue weighted by molar-refractivity contribution is 6.30. The van der Waals surface area contributed by atoms with Gasteiger partial charge in [-0.15, -0.1) is 0 Å². The summed E-state index contributed by atoms with van der Waals surface area (Å²) in [5.41, 5.74) is 2.90. The summed E-state index contributed by atoms with van der Waals surface area (Å²) in [5.74, 6) is 7.07. The lowest BCUT2D eigenvalue weighted by molar-refractivity contribution is 0.186. The molecule has 1 atom stereocenters. The highest BCUT2D eigenvalue weighted by atomic mass is 35.5. The molecule has 0 bridgehead atoms. The summed E-state index contributed by atoms with van der Waals surface area (Å²) in [5, 5.41) is 0.697. The Labute approximate surface area is 114 Å². The number of nitrogens with one attached hydrogen (secondary N) is 1. The molecule has 1 aliphatic carbocycles. The Bertz CT molecular complexity index is 367. The number of hydrazine groups is 1. The molecule has 0 amide bonds. The van der Waals surface area contributed by atoms with Crippen LogP contribution in [0.25, 0.3) is 0 Å². The van der Waals surface area contributed by atoms with Gasteiger partial charge in [0.2, 0.25) is 0 Å². The van der Waals surface area contributed by atoms with Crippen LogP contribution in [-0.2, 0) is 0 Å². The van der Waals surface area contributed by atoms with Crippen molar-refractivity contribution in [3.05, 3.63) is 29.3 Å². The van der Waals surface area contributed by atoms with Crippen molar-refractivity contribution in [2.24, 2.45) is 11.8 Å². The van der Waals surface area contributed by atoms with Crippen molar-refractivity contribution in [3.8, 4) is 5.75 Å². The van der Waals surface area contributed by atoms with Crippen molar-refractivity contribution in [1.29, 1.82) is 0 Å². The Morgan fingerprint density at radius 1 is 1.33 bits per heavy atom. The summed E-state index contributed by atoms with van der Waals surface area (Å²) in [4.78, 5) is 0. The lowest BCUT2D eigenvalue weighted by Gasteiger charge is -2.29. The largest absolute Gasteiger partial charge is 0.492 e. The monoisotopic (exact) mass is 268 g/mol. The molecule has 0 radical (unpaired) electrons. The standard InChI is InChI=1S/C14H21ClN2O/c15-12-7-4-8-13(9-12)18-10-14(17-16)11-5-2-1-3-6-11/h4,7-9,11,14,17H,1-3,5-6,10,16H2. The van der Waals surface area contributed by atoms with E-state index in [2.05, 4.69) is 5.43 Å². The summed E-state index contributed by atoms with van der Waals surface area (Å²) in [6.07, 6.45) is 6.45. The van der Waals surface area contributed by atoms with E-state index in [1.165, 1.54) is 32.1 Å². The first-order chi connectivity index (χ1) is 8.79. The summed E-state index contributed by atoms with van der Waals surface area (Å²) in [7, 11) is 0. The summed E-state index contributed by atoms with van der Waals surface area (Å²) in [6, 6.07) is 7.71. The second-order valence-electron chi connectivity index (χ2n) is 4.94. The van der Waals surface area contributed by atoms with Crippen LogP contribution in [0.1, 0.15) is 32.1 Å². The van der Waals surface area contributed by atoms with Gasteiger partial charge in [0.05, 0.1) is 6.04 Å². The number of ether oxygens (including phenoxy) is 1. The fourth-order valence-corrected chi connectivity index (χ4v) is 2.78. The maximum Gasteiger partial charge on any atom is 0.120 e. The number of rotatable bonds is 5. The van der Waals surface area contributed by atoms with E-state index >= 15 is 0 Å². The number of benzene rings is 1. The average Bonchev–Trinajstić information content (AvgIpc) is 2.41. The van der Waals surface area contributed by atoms with Crippen LogP contribution in [-0.4, -0.2) is 12.6 Å². The smallest absolute Gasteiger partial charge is 0.120 e. The van der Waals surface area contributed by atoms with Crippen molar-refractivity contribution in [1.82, 2.24) is 5.43 Å². The Balaban J connectivity index is 1.86. The van der Waals surface area contributed by atoms with Crippen LogP contribution >= 0.6 is 11.6 Å². The molecule has 1 fully saturated rings. The van der Waals surface area contributed by atoms with Gasteiger partial charge in [-0.2, -0.15) is 0 Å². The molecule has 1 aromatic carbocycles. The zero-order chi connectivity index (χ0) is 12.8. The van der Waals surface area contributed by atoms with Crippen molar-refractivity contribution in [2.45, 2.75) is 38.1 Å². The van der Waals surface area contributed by atoms with Crippen LogP contribution < -0.4 is 16.0 Å². The van der Waals surface area contributed by atoms with Crippen molar-refractivity contribution in [3.63, 3.8) is 0 Å². The molecule has 18 heavy (non-hydrogen) atoms. The Morgan fingerprint density at radius 2 is 2.11 bits per heavy atom. The first kappa shape index (κ1) is 13.7. The van der Waals surface area contributed by atoms with Gasteiger partial charge in [-0.1, -0.05) is 36.9 Å². The lowest BCUT2D eigenvalue weighted by Crippen LogP contribution is -2.45. The molecule has 1 unspecified atom stereocenters. The molecule has 2 rings (SSSR count). The van der Waals surface area contributed by atoms with Gasteiger partial charge in [0.15, 0.2) is 0 Å². The molecule has 0 aliphatic heterocycles. The minimum absolute atomic E-state index is 0.226. The number of halogens is 1. The fourth-order valence-electron chi connectivity index (χ4n) is 2.60. The van der Waals surface area contributed by atoms with E-state index in [0.29, 0.717) is 17.5 Å². The zero-order valence-corrected chi connectivity index (χ0v) is 11.3. The molecule has 100 valence electrons. The van der Waals surface area contributed by atoms with Crippen molar-refractivity contribution >= 4 is 11.6 Å². The number of hydrogen-bond donors (Lipinski definition) is 2. The van der Waals surface area contributed by atoms with Gasteiger partial charge in [0, 0.05) is 5.02 Å². The van der Waals surface area contributed by atoms with Gasteiger partial charge in [-0.3, -0.25) is 11.3 Å². The van der Waals surface area contributed by atoms with Gasteiger partial charge < -0.3 is 4.74 Å². The quantitative estimate of drug-likeness (QED) is 0.637. The third-order valence-corrected chi connectivity index (χ3v) is 3.89. The average molecular weight is 269 g/mol. The van der Waals surface area contributed by atoms with E-state index in [4.69, 9.17) is 22.2 Å². The van der Waals surface area contributed by atoms with Crippen LogP contribution in [0.2, 0.25) is 5.02 Å². The third kappa shape index (κ3) is 3.87. The number of hydrogen-bond acceptors (Lipinski definition) is 3. The van der Waals surface area contributed by atoms with Crippen LogP contribution in [0.3, 0.4) is 0 Å². The molecule has 0 spiro atoms. The van der Waals surface area contributed by atoms with Gasteiger partial charge in [0.1, 0.15) is 12.4 Å². The van der Waals surface area contributed by atoms with E-state index in [-0.39, 0.29) is 6.04 Å². The van der Waals surface area contributed by atoms with Gasteiger partial charge in [0.25, 0.3) is 0 Å². The summed E-state index contributed by atoms with van der Waals surface area (Å²) >= 11 is 5.92. The molecule has 4 heteroatoms. The highest BCUT2D eigenvalue weighted by Gasteiger charge is 2.23. The first-order valence-corrected chi connectivity index (χ1v) is 7.02. The topological polar surface area (TPSA) is 47.3 Å². The van der Waals surface area contributed by atoms with E-state index < -0.39 is 0 Å². The molecule has 1 aromatic rings. The predicted octanol–water partition coefficient (Wildman–Crippen LogP) is 3.13. The zero-order valence-electron chi connectivity index (χ0n) is 10.6. The Kier molecular flexibility index (Phi) is 5.29. The minimum Gasteiger partial charge on any atom is -0.492 e. The summed E-state index contributed by atoms with van der Waals surface area (Å²) in [6.45, 7) is 0.599. The Hall–Kier alpha value is -0.770. The van der Waals surface area contributed by atoms with E-state index in [9.17, 15) is 0 Å². The second kappa shape index (κ2) is 6.98. The summed E-state index contributed by atoms with van der Waals surface area (Å²) < 4.78 is 5.77. The first-order valence-electron chi connectivity index (χ1n) is 6.64. The molecule has 0 heterocycles. The molecule has 1 saturated carbocycles. The van der Waals surface area contributed by atoms with E-state index in [0.717, 1.165) is 5.75 Å². The predicted molar refractivity (Wildman–Crippen MR) is 74.6 cm³/mol. The lowest BCUT2D eigenvalue weighted by atomic mass is 9.84. The second-order valence-corrected chi connectivity index (χ2v) is 5.38. The SMILES string of the molecule is NNC(COc1cccc(Cl)c1)C1CCCCC1. The third-order valence-electron chi connectivity index (χ3n) is 3.66. The molecule has 3 N–H and O–H groups in total. The van der Waals surface area contributed by atoms with Crippen LogP contribution in [0.4, 0.5) is 0 Å². The highest BCUT2D eigenvalue weighted by Crippen LogP contribution is 2.27. The molecule has 3 nitrogen and oxygen atoms in total. The number of nitrogens with two attached hydrogens (primary N) is 1. The van der Waals surface area contributed by atoms with Crippen LogP contribution in [0, 0.1) is 5.92 Å². The maximum atomic E-state index is 5.92. The van der Waals surface area contributed by atoms with E-state index in [1.807, 2.05) is 24.3 Å². The fraction of sp³-hybridized carbons (Fsp3) is 0.571. The van der Waals surface area contributed by atoms with E-state index in [1.54, 1.807) is 0 Å². The maximum absolute atomic E-state index is 5.92. The Morgan fingerprint density at radius 3 is 2.78 bits per heavy atom. The molecular formula is C14H21ClN2O. The molecule has 1 aliphatic rings. The van der Waals surface area contributed by atoms with Crippen molar-refractivity contribution in [2.75, 3.05) is 6.61 Å². The molecule has 0 aromatic heterocycles. The normalized spacial score (nSPS) is 18.6.